The smallest absolute Gasteiger partial charge is 0.174 e. The van der Waals surface area contributed by atoms with E-state index in [1.165, 1.54) is 0 Å². The Kier molecular flexibility index (Phi) is 1.92. The van der Waals surface area contributed by atoms with Gasteiger partial charge in [-0.2, -0.15) is 0 Å². The van der Waals surface area contributed by atoms with E-state index in [0.29, 0.717) is 17.6 Å². The van der Waals surface area contributed by atoms with Crippen LogP contribution in [-0.4, -0.2) is 21.7 Å². The number of nitrogens with zero attached hydrogens (tertiary/aromatic N) is 3. The summed E-state index contributed by atoms with van der Waals surface area (Å²) in [6.07, 6.45) is 1.26. The predicted molar refractivity (Wildman–Crippen MR) is 54.9 cm³/mol. The fraction of sp³-hybridized carbons (Fsp3) is 0.500. The molecule has 1 unspecified atom stereocenters. The zero-order chi connectivity index (χ0) is 10.3. The molecule has 0 bridgehead atoms. The maximum atomic E-state index is 5.70. The summed E-state index contributed by atoms with van der Waals surface area (Å²) in [4.78, 5) is 8.16. The molecule has 0 saturated carbocycles. The maximum absolute atomic E-state index is 5.70. The van der Waals surface area contributed by atoms with Gasteiger partial charge in [0.2, 0.25) is 0 Å². The van der Waals surface area contributed by atoms with Gasteiger partial charge in [0.05, 0.1) is 6.33 Å². The molecule has 0 amide bonds. The zero-order valence-corrected chi connectivity index (χ0v) is 8.23. The predicted octanol–water partition coefficient (Wildman–Crippen LogP) is -0.163. The van der Waals surface area contributed by atoms with Crippen molar-refractivity contribution in [3.05, 3.63) is 12.0 Å². The molecule has 14 heavy (non-hydrogen) atoms. The Hall–Kier alpha value is -1.56. The molecule has 1 aromatic rings. The van der Waals surface area contributed by atoms with Gasteiger partial charge in [-0.3, -0.25) is 5.73 Å². The molecule has 5 N–H and O–H groups in total. The van der Waals surface area contributed by atoms with Crippen LogP contribution in [0, 0.1) is 0 Å². The van der Waals surface area contributed by atoms with Crippen LogP contribution in [0.25, 0.3) is 0 Å². The summed E-state index contributed by atoms with van der Waals surface area (Å²) in [5, 5.41) is 3.03. The summed E-state index contributed by atoms with van der Waals surface area (Å²) in [5.74, 6) is 1.24. The quantitative estimate of drug-likeness (QED) is 0.579. The van der Waals surface area contributed by atoms with Crippen molar-refractivity contribution in [3.63, 3.8) is 0 Å². The van der Waals surface area contributed by atoms with E-state index < -0.39 is 6.29 Å². The van der Waals surface area contributed by atoms with Gasteiger partial charge in [-0.1, -0.05) is 0 Å². The SMILES string of the molecule is CC(C)n1cnc2c1NC(N)N=C2N. The molecule has 0 aliphatic carbocycles. The lowest BCUT2D eigenvalue weighted by molar-refractivity contribution is 0.598. The Morgan fingerprint density at radius 1 is 1.57 bits per heavy atom. The lowest BCUT2D eigenvalue weighted by Gasteiger charge is -2.20. The minimum atomic E-state index is -0.475. The molecule has 1 aliphatic rings. The van der Waals surface area contributed by atoms with E-state index in [2.05, 4.69) is 29.1 Å². The molecule has 0 saturated heterocycles. The molecule has 0 radical (unpaired) electrons. The first-order valence-corrected chi connectivity index (χ1v) is 4.52. The molecule has 0 fully saturated rings. The average molecular weight is 194 g/mol. The number of hydrogen-bond donors (Lipinski definition) is 3. The van der Waals surface area contributed by atoms with Crippen LogP contribution in [0.3, 0.4) is 0 Å². The Balaban J connectivity index is 2.49. The van der Waals surface area contributed by atoms with Crippen LogP contribution >= 0.6 is 0 Å². The molecule has 2 heterocycles. The van der Waals surface area contributed by atoms with Crippen molar-refractivity contribution in [3.8, 4) is 0 Å². The first kappa shape index (κ1) is 9.01. The highest BCUT2D eigenvalue weighted by Gasteiger charge is 2.21. The van der Waals surface area contributed by atoms with Gasteiger partial charge in [-0.15, -0.1) is 0 Å². The summed E-state index contributed by atoms with van der Waals surface area (Å²) < 4.78 is 1.98. The molecule has 0 aromatic carbocycles. The van der Waals surface area contributed by atoms with Crippen molar-refractivity contribution in [2.45, 2.75) is 26.2 Å². The van der Waals surface area contributed by atoms with Crippen molar-refractivity contribution >= 4 is 11.7 Å². The summed E-state index contributed by atoms with van der Waals surface area (Å²) in [6.45, 7) is 4.13. The number of aliphatic imine (C=N–C) groups is 1. The lowest BCUT2D eigenvalue weighted by Crippen LogP contribution is -2.36. The standard InChI is InChI=1S/C8H14N6/c1-4(2)14-3-11-5-6(9)12-8(10)13-7(5)14/h3-4,8,13H,10H2,1-2H3,(H2,9,12). The summed E-state index contributed by atoms with van der Waals surface area (Å²) in [5.41, 5.74) is 12.0. The third-order valence-corrected chi connectivity index (χ3v) is 2.16. The van der Waals surface area contributed by atoms with Crippen LogP contribution < -0.4 is 16.8 Å². The number of fused-ring (bicyclic) bond motifs is 1. The van der Waals surface area contributed by atoms with Gasteiger partial charge in [0.25, 0.3) is 0 Å². The number of nitrogens with one attached hydrogen (secondary N) is 1. The number of rotatable bonds is 1. The molecular weight excluding hydrogens is 180 g/mol. The number of anilines is 1. The van der Waals surface area contributed by atoms with Gasteiger partial charge in [0.15, 0.2) is 12.1 Å². The van der Waals surface area contributed by atoms with Gasteiger partial charge in [-0.25, -0.2) is 9.98 Å². The number of nitrogens with two attached hydrogens (primary N) is 2. The van der Waals surface area contributed by atoms with Gasteiger partial charge in [0.1, 0.15) is 11.5 Å². The molecule has 1 aromatic heterocycles. The van der Waals surface area contributed by atoms with Crippen LogP contribution in [0.15, 0.2) is 11.3 Å². The van der Waals surface area contributed by atoms with Crippen LogP contribution in [0.2, 0.25) is 0 Å². The normalized spacial score (nSPS) is 20.3. The summed E-state index contributed by atoms with van der Waals surface area (Å²) >= 11 is 0. The number of amidine groups is 1. The lowest BCUT2D eigenvalue weighted by atomic mass is 10.3. The van der Waals surface area contributed by atoms with Crippen molar-refractivity contribution in [1.82, 2.24) is 9.55 Å². The topological polar surface area (TPSA) is 94.2 Å². The monoisotopic (exact) mass is 194 g/mol. The fourth-order valence-electron chi connectivity index (χ4n) is 1.47. The fourth-order valence-corrected chi connectivity index (χ4v) is 1.47. The second-order valence-corrected chi connectivity index (χ2v) is 3.55. The van der Waals surface area contributed by atoms with Crippen LogP contribution in [-0.2, 0) is 0 Å². The highest BCUT2D eigenvalue weighted by Crippen LogP contribution is 2.22. The van der Waals surface area contributed by atoms with Gasteiger partial charge in [-0.05, 0) is 13.8 Å². The van der Waals surface area contributed by atoms with E-state index in [1.54, 1.807) is 6.33 Å². The molecular formula is C8H14N6. The molecule has 1 aliphatic heterocycles. The Labute approximate surface area is 82.0 Å². The Morgan fingerprint density at radius 3 is 2.93 bits per heavy atom. The van der Waals surface area contributed by atoms with Crippen molar-refractivity contribution in [2.24, 2.45) is 16.5 Å². The Morgan fingerprint density at radius 2 is 2.29 bits per heavy atom. The van der Waals surface area contributed by atoms with Crippen LogP contribution in [0.5, 0.6) is 0 Å². The molecule has 76 valence electrons. The van der Waals surface area contributed by atoms with E-state index in [1.807, 2.05) is 4.57 Å². The number of aromatic nitrogens is 2. The average Bonchev–Trinajstić information content (AvgIpc) is 2.47. The van der Waals surface area contributed by atoms with E-state index in [9.17, 15) is 0 Å². The molecule has 0 spiro atoms. The minimum Gasteiger partial charge on any atom is -0.382 e. The zero-order valence-electron chi connectivity index (χ0n) is 8.23. The third kappa shape index (κ3) is 1.24. The number of hydrogen-bond acceptors (Lipinski definition) is 5. The van der Waals surface area contributed by atoms with E-state index in [-0.39, 0.29) is 0 Å². The second kappa shape index (κ2) is 2.98. The van der Waals surface area contributed by atoms with E-state index >= 15 is 0 Å². The van der Waals surface area contributed by atoms with Crippen molar-refractivity contribution < 1.29 is 0 Å². The molecule has 6 nitrogen and oxygen atoms in total. The number of imidazole rings is 1. The van der Waals surface area contributed by atoms with E-state index in [4.69, 9.17) is 11.5 Å². The van der Waals surface area contributed by atoms with Gasteiger partial charge in [0, 0.05) is 6.04 Å². The van der Waals surface area contributed by atoms with Gasteiger partial charge < -0.3 is 15.6 Å². The molecule has 2 rings (SSSR count). The largest absolute Gasteiger partial charge is 0.382 e. The Bertz CT molecular complexity index is 377. The van der Waals surface area contributed by atoms with Gasteiger partial charge >= 0.3 is 0 Å². The molecule has 6 heteroatoms. The summed E-state index contributed by atoms with van der Waals surface area (Å²) in [7, 11) is 0. The third-order valence-electron chi connectivity index (χ3n) is 2.16. The highest BCUT2D eigenvalue weighted by atomic mass is 15.3. The summed E-state index contributed by atoms with van der Waals surface area (Å²) in [6, 6.07) is 0.317. The molecule has 1 atom stereocenters. The van der Waals surface area contributed by atoms with Crippen molar-refractivity contribution in [2.75, 3.05) is 5.32 Å². The van der Waals surface area contributed by atoms with Crippen LogP contribution in [0.4, 0.5) is 5.82 Å². The highest BCUT2D eigenvalue weighted by molar-refractivity contribution is 6.01. The maximum Gasteiger partial charge on any atom is 0.174 e. The van der Waals surface area contributed by atoms with Crippen molar-refractivity contribution in [1.29, 1.82) is 0 Å². The first-order valence-electron chi connectivity index (χ1n) is 4.52. The van der Waals surface area contributed by atoms with E-state index in [0.717, 1.165) is 5.82 Å². The minimum absolute atomic E-state index is 0.317. The second-order valence-electron chi connectivity index (χ2n) is 3.55. The van der Waals surface area contributed by atoms with Crippen LogP contribution in [0.1, 0.15) is 25.6 Å². The first-order chi connectivity index (χ1) is 6.59.